The predicted molar refractivity (Wildman–Crippen MR) is 81.6 cm³/mol. The Morgan fingerprint density at radius 2 is 2.50 bits per heavy atom. The normalized spacial score (nSPS) is 24.5. The number of imidazole rings is 1. The minimum Gasteiger partial charge on any atom is -0.389 e. The van der Waals surface area contributed by atoms with Crippen LogP contribution in [0.1, 0.15) is 15.5 Å². The van der Waals surface area contributed by atoms with Gasteiger partial charge in [0.25, 0.3) is 5.91 Å². The zero-order valence-corrected chi connectivity index (χ0v) is 12.7. The molecule has 1 aliphatic heterocycles. The van der Waals surface area contributed by atoms with Crippen LogP contribution in [-0.2, 0) is 11.3 Å². The highest BCUT2D eigenvalue weighted by Gasteiger charge is 2.35. The molecule has 2 aromatic heterocycles. The molecule has 0 saturated carbocycles. The lowest BCUT2D eigenvalue weighted by Gasteiger charge is -2.18. The minimum absolute atomic E-state index is 0.141. The number of aliphatic hydroxyl groups is 1. The van der Waals surface area contributed by atoms with Crippen molar-refractivity contribution in [2.24, 2.45) is 0 Å². The van der Waals surface area contributed by atoms with Crippen molar-refractivity contribution in [1.29, 1.82) is 0 Å². The number of aromatic nitrogens is 2. The van der Waals surface area contributed by atoms with E-state index in [-0.39, 0.29) is 18.5 Å². The molecular weight excluding hydrogens is 304 g/mol. The Kier molecular flexibility index (Phi) is 4.84. The van der Waals surface area contributed by atoms with Crippen LogP contribution in [-0.4, -0.2) is 52.4 Å². The van der Waals surface area contributed by atoms with E-state index in [1.165, 1.54) is 11.3 Å². The van der Waals surface area contributed by atoms with E-state index in [0.717, 1.165) is 5.82 Å². The van der Waals surface area contributed by atoms with Crippen molar-refractivity contribution in [2.45, 2.75) is 24.8 Å². The number of thiophene rings is 1. The van der Waals surface area contributed by atoms with Crippen LogP contribution in [0.4, 0.5) is 0 Å². The summed E-state index contributed by atoms with van der Waals surface area (Å²) >= 11 is 1.38. The zero-order valence-electron chi connectivity index (χ0n) is 11.9. The van der Waals surface area contributed by atoms with Crippen molar-refractivity contribution < 1.29 is 14.6 Å². The summed E-state index contributed by atoms with van der Waals surface area (Å²) in [6.07, 6.45) is 2.36. The van der Waals surface area contributed by atoms with Gasteiger partial charge in [0.2, 0.25) is 0 Å². The lowest BCUT2D eigenvalue weighted by Crippen LogP contribution is -2.44. The largest absolute Gasteiger partial charge is 0.389 e. The number of aromatic amines is 1. The van der Waals surface area contributed by atoms with Gasteiger partial charge in [-0.2, -0.15) is 0 Å². The van der Waals surface area contributed by atoms with Gasteiger partial charge >= 0.3 is 0 Å². The van der Waals surface area contributed by atoms with E-state index >= 15 is 0 Å². The van der Waals surface area contributed by atoms with Crippen LogP contribution in [0.3, 0.4) is 0 Å². The molecule has 8 heteroatoms. The van der Waals surface area contributed by atoms with Gasteiger partial charge in [-0.1, -0.05) is 6.07 Å². The molecule has 0 aromatic carbocycles. The molecule has 22 heavy (non-hydrogen) atoms. The van der Waals surface area contributed by atoms with Gasteiger partial charge in [-0.3, -0.25) is 4.79 Å². The van der Waals surface area contributed by atoms with E-state index < -0.39 is 12.2 Å². The van der Waals surface area contributed by atoms with Crippen LogP contribution < -0.4 is 10.6 Å². The zero-order chi connectivity index (χ0) is 15.4. The van der Waals surface area contributed by atoms with Crippen LogP contribution in [0.2, 0.25) is 0 Å². The quantitative estimate of drug-likeness (QED) is 0.605. The van der Waals surface area contributed by atoms with Gasteiger partial charge in [0.1, 0.15) is 11.9 Å². The number of nitrogens with one attached hydrogen (secondary N) is 3. The maximum absolute atomic E-state index is 11.9. The number of aliphatic hydroxyl groups excluding tert-OH is 1. The number of hydrogen-bond acceptors (Lipinski definition) is 6. The number of nitrogens with zero attached hydrogens (tertiary/aromatic N) is 1. The maximum Gasteiger partial charge on any atom is 0.261 e. The first-order chi connectivity index (χ1) is 10.7. The molecule has 2 aromatic rings. The van der Waals surface area contributed by atoms with Crippen LogP contribution in [0.15, 0.2) is 29.9 Å². The first-order valence-electron chi connectivity index (χ1n) is 7.07. The Labute approximate surface area is 131 Å². The van der Waals surface area contributed by atoms with Gasteiger partial charge in [-0.15, -0.1) is 11.3 Å². The summed E-state index contributed by atoms with van der Waals surface area (Å²) < 4.78 is 5.56. The summed E-state index contributed by atoms with van der Waals surface area (Å²) in [7, 11) is 0. The van der Waals surface area contributed by atoms with Gasteiger partial charge < -0.3 is 25.5 Å². The topological polar surface area (TPSA) is 99.3 Å². The molecule has 0 bridgehead atoms. The molecule has 0 aliphatic carbocycles. The van der Waals surface area contributed by atoms with E-state index in [4.69, 9.17) is 4.74 Å². The number of carbonyl (C=O) groups excluding carboxylic acids is 1. The number of ether oxygens (including phenoxy) is 1. The lowest BCUT2D eigenvalue weighted by atomic mass is 10.1. The average molecular weight is 322 g/mol. The molecule has 7 nitrogen and oxygen atoms in total. The molecular formula is C14H18N4O3S. The van der Waals surface area contributed by atoms with Crippen molar-refractivity contribution in [1.82, 2.24) is 20.6 Å². The highest BCUT2D eigenvalue weighted by Crippen LogP contribution is 2.15. The van der Waals surface area contributed by atoms with E-state index in [0.29, 0.717) is 18.0 Å². The van der Waals surface area contributed by atoms with Crippen LogP contribution in [0.5, 0.6) is 0 Å². The van der Waals surface area contributed by atoms with Crippen LogP contribution in [0, 0.1) is 0 Å². The number of H-pyrrole nitrogens is 1. The molecule has 1 fully saturated rings. The molecule has 0 radical (unpaired) electrons. The number of carbonyl (C=O) groups is 1. The van der Waals surface area contributed by atoms with E-state index in [1.807, 2.05) is 11.4 Å². The molecule has 3 heterocycles. The Morgan fingerprint density at radius 3 is 3.23 bits per heavy atom. The van der Waals surface area contributed by atoms with Crippen molar-refractivity contribution in [3.05, 3.63) is 40.6 Å². The van der Waals surface area contributed by atoms with Gasteiger partial charge in [-0.25, -0.2) is 4.98 Å². The third kappa shape index (κ3) is 3.53. The monoisotopic (exact) mass is 322 g/mol. The highest BCUT2D eigenvalue weighted by molar-refractivity contribution is 7.12. The summed E-state index contributed by atoms with van der Waals surface area (Å²) in [6.45, 7) is 1.23. The van der Waals surface area contributed by atoms with Gasteiger partial charge in [0.05, 0.1) is 30.2 Å². The molecule has 118 valence electrons. The fraction of sp³-hybridized carbons (Fsp3) is 0.429. The predicted octanol–water partition coefficient (Wildman–Crippen LogP) is 0.119. The fourth-order valence-electron chi connectivity index (χ4n) is 2.35. The molecule has 1 amide bonds. The smallest absolute Gasteiger partial charge is 0.261 e. The first kappa shape index (κ1) is 15.2. The van der Waals surface area contributed by atoms with E-state index in [9.17, 15) is 9.90 Å². The number of amides is 1. The molecule has 3 unspecified atom stereocenters. The fourth-order valence-corrected chi connectivity index (χ4v) is 2.99. The van der Waals surface area contributed by atoms with Crippen LogP contribution >= 0.6 is 11.3 Å². The summed E-state index contributed by atoms with van der Waals surface area (Å²) in [5, 5.41) is 18.1. The summed E-state index contributed by atoms with van der Waals surface area (Å²) in [5.74, 6) is 0.666. The van der Waals surface area contributed by atoms with Gasteiger partial charge in [0, 0.05) is 18.9 Å². The molecule has 4 N–H and O–H groups in total. The van der Waals surface area contributed by atoms with Crippen LogP contribution in [0.25, 0.3) is 0 Å². The second-order valence-corrected chi connectivity index (χ2v) is 6.02. The minimum atomic E-state index is -0.668. The van der Waals surface area contributed by atoms with Gasteiger partial charge in [0.15, 0.2) is 0 Å². The van der Waals surface area contributed by atoms with E-state index in [1.54, 1.807) is 18.5 Å². The Hall–Kier alpha value is -1.74. The number of rotatable bonds is 6. The third-order valence-electron chi connectivity index (χ3n) is 3.58. The van der Waals surface area contributed by atoms with Crippen molar-refractivity contribution in [3.8, 4) is 0 Å². The summed E-state index contributed by atoms with van der Waals surface area (Å²) in [4.78, 5) is 19.6. The highest BCUT2D eigenvalue weighted by atomic mass is 32.1. The SMILES string of the molecule is O=C(NCC1OCC(NCc2ncc[nH]2)C1O)c1cccs1. The van der Waals surface area contributed by atoms with E-state index in [2.05, 4.69) is 20.6 Å². The molecule has 0 spiro atoms. The van der Waals surface area contributed by atoms with Gasteiger partial charge in [-0.05, 0) is 11.4 Å². The standard InChI is InChI=1S/C14H18N4O3S/c19-13-9(17-7-12-15-3-4-16-12)8-21-10(13)6-18-14(20)11-2-1-5-22-11/h1-5,9-10,13,17,19H,6-8H2,(H,15,16)(H,18,20). The molecule has 1 saturated heterocycles. The second kappa shape index (κ2) is 7.01. The van der Waals surface area contributed by atoms with Crippen molar-refractivity contribution in [2.75, 3.05) is 13.2 Å². The Balaban J connectivity index is 1.44. The molecule has 3 atom stereocenters. The third-order valence-corrected chi connectivity index (χ3v) is 4.45. The Morgan fingerprint density at radius 1 is 1.59 bits per heavy atom. The lowest BCUT2D eigenvalue weighted by molar-refractivity contribution is 0.0399. The maximum atomic E-state index is 11.9. The Bertz CT molecular complexity index is 587. The molecule has 3 rings (SSSR count). The summed E-state index contributed by atoms with van der Waals surface area (Å²) in [5.41, 5.74) is 0. The first-order valence-corrected chi connectivity index (χ1v) is 7.95. The summed E-state index contributed by atoms with van der Waals surface area (Å²) in [6, 6.07) is 3.42. The second-order valence-electron chi connectivity index (χ2n) is 5.07. The van der Waals surface area contributed by atoms with Crippen molar-refractivity contribution >= 4 is 17.2 Å². The average Bonchev–Trinajstić information content (AvgIpc) is 3.26. The number of hydrogen-bond donors (Lipinski definition) is 4. The molecule has 1 aliphatic rings. The van der Waals surface area contributed by atoms with Crippen molar-refractivity contribution in [3.63, 3.8) is 0 Å².